The van der Waals surface area contributed by atoms with Gasteiger partial charge in [-0.1, -0.05) is 6.07 Å². The molecule has 3 atom stereocenters. The summed E-state index contributed by atoms with van der Waals surface area (Å²) in [7, 11) is 0. The molecule has 1 heterocycles. The van der Waals surface area contributed by atoms with Crippen molar-refractivity contribution in [1.29, 1.82) is 0 Å². The first-order valence-electron chi connectivity index (χ1n) is 7.34. The van der Waals surface area contributed by atoms with Gasteiger partial charge in [-0.2, -0.15) is 0 Å². The smallest absolute Gasteiger partial charge is 0.329 e. The van der Waals surface area contributed by atoms with Crippen LogP contribution in [0.15, 0.2) is 18.2 Å². The maximum atomic E-state index is 13.8. The Morgan fingerprint density at radius 3 is 2.73 bits per heavy atom. The fraction of sp³-hybridized carbons (Fsp3) is 0.500. The summed E-state index contributed by atoms with van der Waals surface area (Å²) in [6.07, 6.45) is 1.56. The summed E-state index contributed by atoms with van der Waals surface area (Å²) in [6.45, 7) is 1.97. The predicted octanol–water partition coefficient (Wildman–Crippen LogP) is 2.53. The van der Waals surface area contributed by atoms with Crippen LogP contribution in [-0.4, -0.2) is 34.0 Å². The minimum Gasteiger partial charge on any atom is -0.480 e. The van der Waals surface area contributed by atoms with Gasteiger partial charge in [-0.05, 0) is 43.7 Å². The van der Waals surface area contributed by atoms with E-state index in [1.54, 1.807) is 6.92 Å². The van der Waals surface area contributed by atoms with E-state index >= 15 is 0 Å². The Hall–Kier alpha value is -1.98. The van der Waals surface area contributed by atoms with E-state index in [2.05, 4.69) is 0 Å². The summed E-state index contributed by atoms with van der Waals surface area (Å²) in [5.74, 6) is -3.24. The molecule has 6 heteroatoms. The molecule has 0 spiro atoms. The van der Waals surface area contributed by atoms with Gasteiger partial charge in [0.2, 0.25) is 5.91 Å². The van der Waals surface area contributed by atoms with Crippen molar-refractivity contribution in [2.24, 2.45) is 5.92 Å². The molecule has 3 rings (SSSR count). The number of carbonyl (C=O) groups is 2. The standard InChI is InChI=1S/C16H17F2NO3/c1-16(15(21)22)5-2-6-19(16)14(20)12-8-11(12)10-4-3-9(17)7-13(10)18/h3-4,7,11-12H,2,5-6,8H2,1H3,(H,21,22). The summed E-state index contributed by atoms with van der Waals surface area (Å²) in [6, 6.07) is 3.35. The van der Waals surface area contributed by atoms with Gasteiger partial charge in [-0.3, -0.25) is 4.79 Å². The molecule has 1 aromatic carbocycles. The normalized spacial score (nSPS) is 30.4. The van der Waals surface area contributed by atoms with E-state index in [1.807, 2.05) is 0 Å². The molecule has 1 saturated carbocycles. The van der Waals surface area contributed by atoms with Crippen LogP contribution in [0.2, 0.25) is 0 Å². The number of carbonyl (C=O) groups excluding carboxylic acids is 1. The van der Waals surface area contributed by atoms with Crippen molar-refractivity contribution < 1.29 is 23.5 Å². The highest BCUT2D eigenvalue weighted by molar-refractivity contribution is 5.90. The lowest BCUT2D eigenvalue weighted by atomic mass is 9.98. The Kier molecular flexibility index (Phi) is 3.42. The first-order valence-corrected chi connectivity index (χ1v) is 7.34. The molecule has 22 heavy (non-hydrogen) atoms. The van der Waals surface area contributed by atoms with Crippen molar-refractivity contribution in [3.05, 3.63) is 35.4 Å². The molecule has 2 aliphatic rings. The van der Waals surface area contributed by atoms with Gasteiger partial charge in [0, 0.05) is 18.5 Å². The number of amides is 1. The molecule has 118 valence electrons. The van der Waals surface area contributed by atoms with Gasteiger partial charge < -0.3 is 10.0 Å². The second-order valence-corrected chi connectivity index (χ2v) is 6.29. The molecule has 1 amide bonds. The number of benzene rings is 1. The quantitative estimate of drug-likeness (QED) is 0.933. The molecule has 1 saturated heterocycles. The highest BCUT2D eigenvalue weighted by Crippen LogP contribution is 2.50. The molecule has 3 unspecified atom stereocenters. The van der Waals surface area contributed by atoms with Crippen molar-refractivity contribution in [2.75, 3.05) is 6.54 Å². The Balaban J connectivity index is 1.77. The number of nitrogens with zero attached hydrogens (tertiary/aromatic N) is 1. The Bertz CT molecular complexity index is 648. The average molecular weight is 309 g/mol. The van der Waals surface area contributed by atoms with E-state index in [0.717, 1.165) is 6.07 Å². The lowest BCUT2D eigenvalue weighted by molar-refractivity contribution is -0.155. The van der Waals surface area contributed by atoms with Gasteiger partial charge in [0.05, 0.1) is 0 Å². The van der Waals surface area contributed by atoms with E-state index in [9.17, 15) is 23.5 Å². The van der Waals surface area contributed by atoms with Crippen molar-refractivity contribution >= 4 is 11.9 Å². The topological polar surface area (TPSA) is 57.6 Å². The molecule has 0 aromatic heterocycles. The van der Waals surface area contributed by atoms with Crippen LogP contribution >= 0.6 is 0 Å². The number of hydrogen-bond acceptors (Lipinski definition) is 2. The summed E-state index contributed by atoms with van der Waals surface area (Å²) in [4.78, 5) is 25.4. The molecular weight excluding hydrogens is 292 g/mol. The molecule has 0 bridgehead atoms. The lowest BCUT2D eigenvalue weighted by Gasteiger charge is -2.31. The van der Waals surface area contributed by atoms with Gasteiger partial charge in [0.25, 0.3) is 0 Å². The summed E-state index contributed by atoms with van der Waals surface area (Å²) in [5.41, 5.74) is -0.845. The first kappa shape index (κ1) is 14.9. The number of halogens is 2. The second kappa shape index (κ2) is 5.04. The van der Waals surface area contributed by atoms with E-state index in [1.165, 1.54) is 17.0 Å². The molecule has 4 nitrogen and oxygen atoms in total. The molecule has 0 radical (unpaired) electrons. The minimum atomic E-state index is -1.18. The predicted molar refractivity (Wildman–Crippen MR) is 74.2 cm³/mol. The van der Waals surface area contributed by atoms with Crippen molar-refractivity contribution in [3.8, 4) is 0 Å². The van der Waals surface area contributed by atoms with Crippen LogP contribution in [0.5, 0.6) is 0 Å². The molecule has 1 aliphatic heterocycles. The Morgan fingerprint density at radius 1 is 1.36 bits per heavy atom. The van der Waals surface area contributed by atoms with Gasteiger partial charge in [-0.15, -0.1) is 0 Å². The summed E-state index contributed by atoms with van der Waals surface area (Å²) in [5, 5.41) is 9.36. The monoisotopic (exact) mass is 309 g/mol. The van der Waals surface area contributed by atoms with Crippen LogP contribution in [-0.2, 0) is 9.59 Å². The van der Waals surface area contributed by atoms with Crippen LogP contribution in [0, 0.1) is 17.6 Å². The second-order valence-electron chi connectivity index (χ2n) is 6.29. The number of rotatable bonds is 3. The number of carboxylic acids is 1. The number of aliphatic carboxylic acids is 1. The number of hydrogen-bond donors (Lipinski definition) is 1. The van der Waals surface area contributed by atoms with Crippen LogP contribution in [0.1, 0.15) is 37.7 Å². The molecule has 1 aromatic rings. The lowest BCUT2D eigenvalue weighted by Crippen LogP contribution is -2.51. The number of carboxylic acid groups (broad SMARTS) is 1. The third kappa shape index (κ3) is 2.26. The zero-order chi connectivity index (χ0) is 16.1. The fourth-order valence-corrected chi connectivity index (χ4v) is 3.35. The Morgan fingerprint density at radius 2 is 2.09 bits per heavy atom. The third-order valence-electron chi connectivity index (χ3n) is 4.84. The van der Waals surface area contributed by atoms with Gasteiger partial charge >= 0.3 is 5.97 Å². The molecular formula is C16H17F2NO3. The van der Waals surface area contributed by atoms with Crippen molar-refractivity contribution in [3.63, 3.8) is 0 Å². The maximum absolute atomic E-state index is 13.8. The van der Waals surface area contributed by atoms with E-state index in [-0.39, 0.29) is 11.8 Å². The SMILES string of the molecule is CC1(C(=O)O)CCCN1C(=O)C1CC1c1ccc(F)cc1F. The van der Waals surface area contributed by atoms with Crippen LogP contribution in [0.3, 0.4) is 0 Å². The maximum Gasteiger partial charge on any atom is 0.329 e. The number of likely N-dealkylation sites (tertiary alicyclic amines) is 1. The zero-order valence-corrected chi connectivity index (χ0v) is 12.2. The van der Waals surface area contributed by atoms with Crippen LogP contribution in [0.25, 0.3) is 0 Å². The average Bonchev–Trinajstić information content (AvgIpc) is 3.13. The van der Waals surface area contributed by atoms with Gasteiger partial charge in [-0.25, -0.2) is 13.6 Å². The first-order chi connectivity index (χ1) is 10.3. The van der Waals surface area contributed by atoms with Crippen LogP contribution < -0.4 is 0 Å². The highest BCUT2D eigenvalue weighted by Gasteiger charge is 2.53. The minimum absolute atomic E-state index is 0.240. The largest absolute Gasteiger partial charge is 0.480 e. The van der Waals surface area contributed by atoms with Gasteiger partial charge in [0.1, 0.15) is 17.2 Å². The zero-order valence-electron chi connectivity index (χ0n) is 12.2. The molecule has 2 fully saturated rings. The van der Waals surface area contributed by atoms with E-state index in [0.29, 0.717) is 31.4 Å². The molecule has 1 N–H and O–H groups in total. The van der Waals surface area contributed by atoms with Crippen LogP contribution in [0.4, 0.5) is 8.78 Å². The van der Waals surface area contributed by atoms with E-state index in [4.69, 9.17) is 0 Å². The van der Waals surface area contributed by atoms with Crippen molar-refractivity contribution in [2.45, 2.75) is 37.6 Å². The highest BCUT2D eigenvalue weighted by atomic mass is 19.1. The van der Waals surface area contributed by atoms with Gasteiger partial charge in [0.15, 0.2) is 0 Å². The van der Waals surface area contributed by atoms with E-state index < -0.39 is 29.1 Å². The summed E-state index contributed by atoms with van der Waals surface area (Å²) >= 11 is 0. The van der Waals surface area contributed by atoms with Crippen molar-refractivity contribution in [1.82, 2.24) is 4.90 Å². The molecule has 1 aliphatic carbocycles. The third-order valence-corrected chi connectivity index (χ3v) is 4.84. The Labute approximate surface area is 126 Å². The fourth-order valence-electron chi connectivity index (χ4n) is 3.35. The summed E-state index contributed by atoms with van der Waals surface area (Å²) < 4.78 is 26.7.